The first-order valence-corrected chi connectivity index (χ1v) is 11.3. The van der Waals surface area contributed by atoms with Crippen molar-refractivity contribution in [2.75, 3.05) is 26.3 Å². The maximum atomic E-state index is 12.2. The molecule has 1 aliphatic carbocycles. The number of alkyl carbamates (subject to hydrolysis) is 1. The van der Waals surface area contributed by atoms with Crippen LogP contribution in [0.25, 0.3) is 6.08 Å². The average Bonchev–Trinajstić information content (AvgIpc) is 3.49. The van der Waals surface area contributed by atoms with Gasteiger partial charge in [0.2, 0.25) is 0 Å². The minimum absolute atomic E-state index is 0.0256. The molecule has 166 valence electrons. The van der Waals surface area contributed by atoms with E-state index in [9.17, 15) is 4.79 Å². The van der Waals surface area contributed by atoms with E-state index in [-0.39, 0.29) is 11.5 Å². The molecule has 3 rings (SSSR count). The van der Waals surface area contributed by atoms with E-state index in [0.29, 0.717) is 18.5 Å². The van der Waals surface area contributed by atoms with Gasteiger partial charge in [-0.3, -0.25) is 0 Å². The largest absolute Gasteiger partial charge is 0.444 e. The highest BCUT2D eigenvalue weighted by Gasteiger charge is 2.41. The van der Waals surface area contributed by atoms with E-state index in [1.165, 1.54) is 17.6 Å². The minimum Gasteiger partial charge on any atom is -0.444 e. The molecule has 5 nitrogen and oxygen atoms in total. The van der Waals surface area contributed by atoms with Gasteiger partial charge in [0.15, 0.2) is 0 Å². The van der Waals surface area contributed by atoms with Gasteiger partial charge >= 0.3 is 6.09 Å². The number of nitrogens with one attached hydrogen (secondary N) is 2. The molecule has 1 heterocycles. The van der Waals surface area contributed by atoms with Crippen LogP contribution in [0.4, 0.5) is 4.79 Å². The Hall–Kier alpha value is -1.85. The number of ether oxygens (including phenoxy) is 2. The first-order valence-electron chi connectivity index (χ1n) is 11.3. The third kappa shape index (κ3) is 6.85. The molecule has 1 aliphatic heterocycles. The lowest BCUT2D eigenvalue weighted by Gasteiger charge is -2.38. The fraction of sp³-hybridized carbons (Fsp3) is 0.640. The van der Waals surface area contributed by atoms with Crippen molar-refractivity contribution in [3.05, 3.63) is 41.5 Å². The number of rotatable bonds is 8. The van der Waals surface area contributed by atoms with E-state index in [1.807, 2.05) is 20.8 Å². The summed E-state index contributed by atoms with van der Waals surface area (Å²) >= 11 is 0. The zero-order valence-corrected chi connectivity index (χ0v) is 19.0. The molecule has 0 aromatic heterocycles. The van der Waals surface area contributed by atoms with Crippen LogP contribution in [0.1, 0.15) is 58.9 Å². The number of carbonyl (C=O) groups is 1. The van der Waals surface area contributed by atoms with Gasteiger partial charge in [-0.05, 0) is 57.9 Å². The van der Waals surface area contributed by atoms with Crippen molar-refractivity contribution in [3.63, 3.8) is 0 Å². The number of hydrogen-bond acceptors (Lipinski definition) is 4. The van der Waals surface area contributed by atoms with Crippen LogP contribution in [0, 0.1) is 11.3 Å². The summed E-state index contributed by atoms with van der Waals surface area (Å²) in [7, 11) is 0. The molecule has 5 heteroatoms. The Labute approximate surface area is 181 Å². The predicted molar refractivity (Wildman–Crippen MR) is 121 cm³/mol. The zero-order chi connectivity index (χ0) is 21.6. The molecule has 0 bridgehead atoms. The van der Waals surface area contributed by atoms with Gasteiger partial charge < -0.3 is 20.1 Å². The van der Waals surface area contributed by atoms with E-state index in [0.717, 1.165) is 39.0 Å². The number of hydrogen-bond donors (Lipinski definition) is 2. The topological polar surface area (TPSA) is 59.6 Å². The Morgan fingerprint density at radius 1 is 1.20 bits per heavy atom. The molecular formula is C25H38N2O3. The quantitative estimate of drug-likeness (QED) is 0.643. The van der Waals surface area contributed by atoms with E-state index in [2.05, 4.69) is 54.0 Å². The van der Waals surface area contributed by atoms with Crippen molar-refractivity contribution in [1.29, 1.82) is 0 Å². The molecule has 2 N–H and O–H groups in total. The van der Waals surface area contributed by atoms with Gasteiger partial charge in [-0.25, -0.2) is 4.79 Å². The fourth-order valence-corrected chi connectivity index (χ4v) is 4.21. The zero-order valence-electron chi connectivity index (χ0n) is 19.0. The maximum Gasteiger partial charge on any atom is 0.407 e. The van der Waals surface area contributed by atoms with Crippen LogP contribution in [-0.4, -0.2) is 44.0 Å². The Morgan fingerprint density at radius 3 is 2.53 bits per heavy atom. The van der Waals surface area contributed by atoms with E-state index >= 15 is 0 Å². The summed E-state index contributed by atoms with van der Waals surface area (Å²) in [5.41, 5.74) is 2.35. The Bertz CT molecular complexity index is 718. The van der Waals surface area contributed by atoms with Crippen molar-refractivity contribution in [1.82, 2.24) is 10.6 Å². The van der Waals surface area contributed by atoms with Gasteiger partial charge in [0, 0.05) is 37.8 Å². The Kier molecular flexibility index (Phi) is 7.59. The van der Waals surface area contributed by atoms with Crippen LogP contribution >= 0.6 is 0 Å². The van der Waals surface area contributed by atoms with Gasteiger partial charge in [-0.2, -0.15) is 0 Å². The monoisotopic (exact) mass is 414 g/mol. The molecule has 0 unspecified atom stereocenters. The summed E-state index contributed by atoms with van der Waals surface area (Å²) < 4.78 is 11.0. The van der Waals surface area contributed by atoms with Gasteiger partial charge in [0.25, 0.3) is 0 Å². The summed E-state index contributed by atoms with van der Waals surface area (Å²) in [6, 6.07) is 11.1. The number of amides is 1. The van der Waals surface area contributed by atoms with E-state index < -0.39 is 5.60 Å². The van der Waals surface area contributed by atoms with Crippen molar-refractivity contribution in [2.45, 2.75) is 65.0 Å². The molecule has 1 saturated heterocycles. The van der Waals surface area contributed by atoms with Crippen LogP contribution in [0.5, 0.6) is 0 Å². The highest BCUT2D eigenvalue weighted by Crippen LogP contribution is 2.41. The normalized spacial score (nSPS) is 23.7. The summed E-state index contributed by atoms with van der Waals surface area (Å²) in [5, 5.41) is 6.80. The summed E-state index contributed by atoms with van der Waals surface area (Å²) in [4.78, 5) is 12.2. The molecule has 1 amide bonds. The number of carbonyl (C=O) groups excluding carboxylic acids is 1. The first kappa shape index (κ1) is 22.8. The summed E-state index contributed by atoms with van der Waals surface area (Å²) in [6.45, 7) is 10.9. The van der Waals surface area contributed by atoms with Crippen LogP contribution < -0.4 is 10.6 Å². The predicted octanol–water partition coefficient (Wildman–Crippen LogP) is 4.78. The van der Waals surface area contributed by atoms with Crippen LogP contribution in [0.2, 0.25) is 0 Å². The smallest absolute Gasteiger partial charge is 0.407 e. The third-order valence-electron chi connectivity index (χ3n) is 6.13. The molecule has 1 aromatic carbocycles. The highest BCUT2D eigenvalue weighted by molar-refractivity contribution is 5.67. The second kappa shape index (κ2) is 9.97. The Morgan fingerprint density at radius 2 is 1.90 bits per heavy atom. The molecule has 2 atom stereocenters. The highest BCUT2D eigenvalue weighted by atomic mass is 16.6. The molecule has 1 aromatic rings. The molecule has 0 radical (unpaired) electrons. The summed E-state index contributed by atoms with van der Waals surface area (Å²) in [5.74, 6) is 0.617. The van der Waals surface area contributed by atoms with Gasteiger partial charge in [0.05, 0.1) is 0 Å². The van der Waals surface area contributed by atoms with Gasteiger partial charge in [-0.1, -0.05) is 48.9 Å². The Balaban J connectivity index is 1.54. The summed E-state index contributed by atoms with van der Waals surface area (Å²) in [6.07, 6.45) is 6.19. The van der Waals surface area contributed by atoms with Crippen molar-refractivity contribution in [2.24, 2.45) is 11.3 Å². The maximum absolute atomic E-state index is 12.2. The SMILES string of the molecule is CC/C(=C\c1ccccc1)[C@@H]1C[C@H]1NCC1(CNC(=O)OC(C)(C)C)CCOCC1. The minimum atomic E-state index is -0.478. The lowest BCUT2D eigenvalue weighted by molar-refractivity contribution is 0.00989. The van der Waals surface area contributed by atoms with Crippen molar-refractivity contribution in [3.8, 4) is 0 Å². The van der Waals surface area contributed by atoms with E-state index in [4.69, 9.17) is 9.47 Å². The third-order valence-corrected chi connectivity index (χ3v) is 6.13. The molecule has 30 heavy (non-hydrogen) atoms. The van der Waals surface area contributed by atoms with Gasteiger partial charge in [-0.15, -0.1) is 0 Å². The molecule has 2 aliphatic rings. The molecule has 2 fully saturated rings. The second-order valence-corrected chi connectivity index (χ2v) is 9.78. The first-order chi connectivity index (χ1) is 14.3. The number of benzene rings is 1. The average molecular weight is 415 g/mol. The second-order valence-electron chi connectivity index (χ2n) is 9.78. The fourth-order valence-electron chi connectivity index (χ4n) is 4.21. The lowest BCUT2D eigenvalue weighted by atomic mass is 9.80. The van der Waals surface area contributed by atoms with Gasteiger partial charge in [0.1, 0.15) is 5.60 Å². The lowest BCUT2D eigenvalue weighted by Crippen LogP contribution is -2.48. The van der Waals surface area contributed by atoms with Crippen LogP contribution in [-0.2, 0) is 9.47 Å². The van der Waals surface area contributed by atoms with E-state index in [1.54, 1.807) is 0 Å². The molecular weight excluding hydrogens is 376 g/mol. The molecule has 0 spiro atoms. The molecule has 1 saturated carbocycles. The van der Waals surface area contributed by atoms with Crippen molar-refractivity contribution >= 4 is 12.2 Å². The van der Waals surface area contributed by atoms with Crippen molar-refractivity contribution < 1.29 is 14.3 Å². The van der Waals surface area contributed by atoms with Crippen LogP contribution in [0.15, 0.2) is 35.9 Å². The standard InChI is InChI=1S/C25H38N2O3/c1-5-20(15-19-9-7-6-8-10-19)21-16-22(21)26-17-25(11-13-29-14-12-25)18-27-23(28)30-24(2,3)4/h6-10,15,21-22,26H,5,11-14,16-18H2,1-4H3,(H,27,28)/b20-15+/t21-,22+/m0/s1. The van der Waals surface area contributed by atoms with Crippen LogP contribution in [0.3, 0.4) is 0 Å².